The second kappa shape index (κ2) is 12.8. The van der Waals surface area contributed by atoms with Crippen LogP contribution < -0.4 is 4.90 Å². The van der Waals surface area contributed by atoms with E-state index in [-0.39, 0.29) is 41.8 Å². The van der Waals surface area contributed by atoms with Crippen molar-refractivity contribution in [2.45, 2.75) is 31.6 Å². The highest BCUT2D eigenvalue weighted by atomic mass is 35.5. The van der Waals surface area contributed by atoms with Gasteiger partial charge in [0, 0.05) is 24.5 Å². The van der Waals surface area contributed by atoms with Gasteiger partial charge in [0.05, 0.1) is 20.9 Å². The van der Waals surface area contributed by atoms with Crippen molar-refractivity contribution >= 4 is 66.4 Å². The molecule has 0 aliphatic heterocycles. The highest BCUT2D eigenvalue weighted by Crippen LogP contribution is 2.31. The Morgan fingerprint density at radius 2 is 1.76 bits per heavy atom. The number of rotatable bonds is 11. The third-order valence-corrected chi connectivity index (χ3v) is 8.47. The van der Waals surface area contributed by atoms with E-state index in [2.05, 4.69) is 23.7 Å². The number of amides is 1. The summed E-state index contributed by atoms with van der Waals surface area (Å²) >= 11 is 7.48. The molecule has 0 spiro atoms. The van der Waals surface area contributed by atoms with Crippen LogP contribution >= 0.6 is 35.3 Å². The minimum Gasteiger partial charge on any atom is -0.302 e. The predicted molar refractivity (Wildman–Crippen MR) is 140 cm³/mol. The normalized spacial score (nSPS) is 11.6. The van der Waals surface area contributed by atoms with Crippen LogP contribution in [0.25, 0.3) is 10.2 Å². The Morgan fingerprint density at radius 3 is 2.41 bits per heavy atom. The lowest BCUT2D eigenvalue weighted by Gasteiger charge is -2.24. The van der Waals surface area contributed by atoms with E-state index in [0.29, 0.717) is 23.2 Å². The van der Waals surface area contributed by atoms with Crippen LogP contribution in [0.2, 0.25) is 5.02 Å². The molecule has 3 aromatic rings. The molecule has 1 amide bonds. The minimum absolute atomic E-state index is 0. The number of thiazole rings is 1. The van der Waals surface area contributed by atoms with E-state index in [1.165, 1.54) is 23.5 Å². The van der Waals surface area contributed by atoms with Gasteiger partial charge in [-0.25, -0.2) is 17.8 Å². The Bertz CT molecular complexity index is 1200. The van der Waals surface area contributed by atoms with Crippen LogP contribution in [0.5, 0.6) is 0 Å². The number of benzene rings is 2. The Kier molecular flexibility index (Phi) is 10.7. The number of hydrogen-bond acceptors (Lipinski definition) is 6. The summed E-state index contributed by atoms with van der Waals surface area (Å²) in [6.45, 7) is 7.00. The number of nitrogens with zero attached hydrogens (tertiary/aromatic N) is 3. The average Bonchev–Trinajstić information content (AvgIpc) is 3.19. The maximum Gasteiger partial charge on any atom is 0.228 e. The molecule has 2 aromatic carbocycles. The molecule has 0 aliphatic carbocycles. The van der Waals surface area contributed by atoms with Gasteiger partial charge in [-0.3, -0.25) is 9.69 Å². The van der Waals surface area contributed by atoms with E-state index in [1.54, 1.807) is 11.0 Å². The molecular weight excluding hydrogens is 520 g/mol. The first kappa shape index (κ1) is 28.5. The van der Waals surface area contributed by atoms with Crippen molar-refractivity contribution in [1.82, 2.24) is 9.88 Å². The molecule has 1 aromatic heterocycles. The molecule has 6 nitrogen and oxygen atoms in total. The highest BCUT2D eigenvalue weighted by molar-refractivity contribution is 7.91. The summed E-state index contributed by atoms with van der Waals surface area (Å²) in [5, 5.41) is 1.18. The van der Waals surface area contributed by atoms with Crippen molar-refractivity contribution in [2.75, 3.05) is 36.8 Å². The number of hydrogen-bond donors (Lipinski definition) is 0. The number of carbonyl (C=O) groups is 1. The molecule has 34 heavy (non-hydrogen) atoms. The van der Waals surface area contributed by atoms with Gasteiger partial charge in [-0.2, -0.15) is 0 Å². The van der Waals surface area contributed by atoms with Gasteiger partial charge in [-0.1, -0.05) is 36.8 Å². The number of fused-ring (bicyclic) bond motifs is 1. The molecule has 0 fully saturated rings. The maximum atomic E-state index is 13.1. The first-order chi connectivity index (χ1) is 15.7. The number of anilines is 1. The number of halogens is 3. The van der Waals surface area contributed by atoms with E-state index < -0.39 is 15.7 Å². The summed E-state index contributed by atoms with van der Waals surface area (Å²) in [5.74, 6) is -0.865. The van der Waals surface area contributed by atoms with Crippen molar-refractivity contribution < 1.29 is 17.6 Å². The van der Waals surface area contributed by atoms with E-state index in [4.69, 9.17) is 11.6 Å². The SMILES string of the molecule is CCN(CC)CCN(C(=O)CCCS(=O)(=O)c1ccc(F)cc1)c1nc2ccc(Cl)cc2s1.Cl. The standard InChI is InChI=1S/C23H27ClFN3O3S2.ClH/c1-3-27(4-2)13-14-28(23-26-20-12-7-17(24)16-21(20)32-23)22(29)6-5-15-33(30,31)19-10-8-18(25)9-11-19;/h7-12,16H,3-6,13-15H2,1-2H3;1H. The molecule has 0 atom stereocenters. The summed E-state index contributed by atoms with van der Waals surface area (Å²) in [6, 6.07) is 10.1. The molecule has 3 rings (SSSR count). The van der Waals surface area contributed by atoms with Crippen LogP contribution in [0, 0.1) is 5.82 Å². The number of carbonyl (C=O) groups excluding carboxylic acids is 1. The van der Waals surface area contributed by atoms with Gasteiger partial charge in [0.2, 0.25) is 5.91 Å². The van der Waals surface area contributed by atoms with Gasteiger partial charge in [-0.05, 0) is 62.0 Å². The topological polar surface area (TPSA) is 70.6 Å². The summed E-state index contributed by atoms with van der Waals surface area (Å²) in [6.07, 6.45) is 0.229. The highest BCUT2D eigenvalue weighted by Gasteiger charge is 2.22. The number of sulfone groups is 1. The fourth-order valence-electron chi connectivity index (χ4n) is 3.42. The van der Waals surface area contributed by atoms with Gasteiger partial charge in [0.1, 0.15) is 5.82 Å². The van der Waals surface area contributed by atoms with E-state index in [0.717, 1.165) is 35.4 Å². The second-order valence-corrected chi connectivity index (χ2v) is 11.1. The molecule has 0 aliphatic rings. The second-order valence-electron chi connectivity index (χ2n) is 7.56. The predicted octanol–water partition coefficient (Wildman–Crippen LogP) is 5.44. The van der Waals surface area contributed by atoms with Crippen LogP contribution in [0.15, 0.2) is 47.4 Å². The Morgan fingerprint density at radius 1 is 1.09 bits per heavy atom. The van der Waals surface area contributed by atoms with E-state index >= 15 is 0 Å². The molecular formula is C23H28Cl2FN3O3S2. The molecule has 0 unspecified atom stereocenters. The zero-order chi connectivity index (χ0) is 24.0. The fraction of sp³-hybridized carbons (Fsp3) is 0.391. The van der Waals surface area contributed by atoms with Gasteiger partial charge >= 0.3 is 0 Å². The third kappa shape index (κ3) is 7.36. The molecule has 0 bridgehead atoms. The largest absolute Gasteiger partial charge is 0.302 e. The summed E-state index contributed by atoms with van der Waals surface area (Å²) < 4.78 is 39.0. The smallest absolute Gasteiger partial charge is 0.228 e. The Labute approximate surface area is 215 Å². The van der Waals surface area contributed by atoms with Crippen molar-refractivity contribution in [2.24, 2.45) is 0 Å². The van der Waals surface area contributed by atoms with Gasteiger partial charge in [0.25, 0.3) is 0 Å². The van der Waals surface area contributed by atoms with Gasteiger partial charge < -0.3 is 4.90 Å². The van der Waals surface area contributed by atoms with Gasteiger partial charge in [-0.15, -0.1) is 12.4 Å². The van der Waals surface area contributed by atoms with Crippen molar-refractivity contribution in [3.8, 4) is 0 Å². The van der Waals surface area contributed by atoms with Gasteiger partial charge in [0.15, 0.2) is 15.0 Å². The number of aromatic nitrogens is 1. The monoisotopic (exact) mass is 547 g/mol. The molecule has 0 saturated carbocycles. The average molecular weight is 549 g/mol. The summed E-state index contributed by atoms with van der Waals surface area (Å²) in [5.41, 5.74) is 0.763. The zero-order valence-corrected chi connectivity index (χ0v) is 22.2. The first-order valence-corrected chi connectivity index (χ1v) is 13.6. The molecule has 0 radical (unpaired) electrons. The molecule has 186 valence electrons. The Hall–Kier alpha value is -1.78. The van der Waals surface area contributed by atoms with Crippen molar-refractivity contribution in [1.29, 1.82) is 0 Å². The zero-order valence-electron chi connectivity index (χ0n) is 19.0. The lowest BCUT2D eigenvalue weighted by atomic mass is 10.3. The van der Waals surface area contributed by atoms with Crippen molar-refractivity contribution in [3.05, 3.63) is 53.3 Å². The lowest BCUT2D eigenvalue weighted by molar-refractivity contribution is -0.118. The van der Waals surface area contributed by atoms with Crippen LogP contribution in [-0.2, 0) is 14.6 Å². The molecule has 0 N–H and O–H groups in total. The Balaban J connectivity index is 0.00000408. The van der Waals surface area contributed by atoms with Crippen LogP contribution in [0.1, 0.15) is 26.7 Å². The minimum atomic E-state index is -3.60. The van der Waals surface area contributed by atoms with Crippen LogP contribution in [0.4, 0.5) is 9.52 Å². The summed E-state index contributed by atoms with van der Waals surface area (Å²) in [7, 11) is -3.60. The summed E-state index contributed by atoms with van der Waals surface area (Å²) in [4.78, 5) is 21.7. The van der Waals surface area contributed by atoms with Crippen LogP contribution in [-0.4, -0.2) is 56.1 Å². The lowest BCUT2D eigenvalue weighted by Crippen LogP contribution is -2.38. The van der Waals surface area contributed by atoms with Crippen molar-refractivity contribution in [3.63, 3.8) is 0 Å². The fourth-order valence-corrected chi connectivity index (χ4v) is 6.01. The third-order valence-electron chi connectivity index (χ3n) is 5.38. The quantitative estimate of drug-likeness (QED) is 0.299. The first-order valence-electron chi connectivity index (χ1n) is 10.8. The van der Waals surface area contributed by atoms with Crippen LogP contribution in [0.3, 0.4) is 0 Å². The molecule has 1 heterocycles. The van der Waals surface area contributed by atoms with E-state index in [1.807, 2.05) is 12.1 Å². The number of likely N-dealkylation sites (N-methyl/N-ethyl adjacent to an activating group) is 1. The van der Waals surface area contributed by atoms with E-state index in [9.17, 15) is 17.6 Å². The molecule has 0 saturated heterocycles. The molecule has 11 heteroatoms. The maximum absolute atomic E-state index is 13.1.